The number of fused-ring (bicyclic) bond motifs is 1. The summed E-state index contributed by atoms with van der Waals surface area (Å²) in [6.45, 7) is 4.42. The minimum absolute atomic E-state index is 0.215. The van der Waals surface area contributed by atoms with Gasteiger partial charge in [-0.2, -0.15) is 12.7 Å². The first-order valence-corrected chi connectivity index (χ1v) is 11.5. The maximum atomic E-state index is 12.4. The highest BCUT2D eigenvalue weighted by Crippen LogP contribution is 2.35. The number of anilines is 2. The molecular weight excluding hydrogens is 402 g/mol. The monoisotopic (exact) mass is 427 g/mol. The van der Waals surface area contributed by atoms with Gasteiger partial charge in [0.2, 0.25) is 6.41 Å². The Hall–Kier alpha value is -2.91. The number of carbonyl (C=O) groups is 1. The molecule has 0 atom stereocenters. The van der Waals surface area contributed by atoms with Crippen LogP contribution < -0.4 is 9.62 Å². The summed E-state index contributed by atoms with van der Waals surface area (Å²) in [4.78, 5) is 21.0. The lowest BCUT2D eigenvalue weighted by Gasteiger charge is -2.19. The van der Waals surface area contributed by atoms with Crippen LogP contribution in [0.2, 0.25) is 0 Å². The van der Waals surface area contributed by atoms with Crippen LogP contribution in [0, 0.1) is 0 Å². The van der Waals surface area contributed by atoms with Gasteiger partial charge in [0.15, 0.2) is 0 Å². The smallest absolute Gasteiger partial charge is 0.301 e. The van der Waals surface area contributed by atoms with Crippen molar-refractivity contribution >= 4 is 39.2 Å². The Kier molecular flexibility index (Phi) is 5.48. The summed E-state index contributed by atoms with van der Waals surface area (Å²) < 4.78 is 28.9. The Labute approximate surface area is 176 Å². The van der Waals surface area contributed by atoms with Gasteiger partial charge in [-0.05, 0) is 48.2 Å². The van der Waals surface area contributed by atoms with Crippen molar-refractivity contribution in [3.8, 4) is 11.1 Å². The average molecular weight is 428 g/mol. The van der Waals surface area contributed by atoms with Gasteiger partial charge >= 0.3 is 10.2 Å². The quantitative estimate of drug-likeness (QED) is 0.512. The first-order chi connectivity index (χ1) is 14.5. The van der Waals surface area contributed by atoms with E-state index in [-0.39, 0.29) is 6.04 Å². The Balaban J connectivity index is 1.67. The zero-order valence-electron chi connectivity index (χ0n) is 17.0. The highest BCUT2D eigenvalue weighted by molar-refractivity contribution is 7.90. The number of aromatic nitrogens is 2. The molecule has 1 fully saturated rings. The molecule has 2 heterocycles. The van der Waals surface area contributed by atoms with E-state index in [9.17, 15) is 13.2 Å². The molecule has 9 heteroatoms. The minimum Gasteiger partial charge on any atom is -0.346 e. The van der Waals surface area contributed by atoms with Gasteiger partial charge in [-0.1, -0.05) is 26.0 Å². The van der Waals surface area contributed by atoms with E-state index >= 15 is 0 Å². The molecule has 2 N–H and O–H groups in total. The first kappa shape index (κ1) is 20.4. The van der Waals surface area contributed by atoms with Crippen molar-refractivity contribution in [3.05, 3.63) is 42.6 Å². The highest BCUT2D eigenvalue weighted by atomic mass is 32.2. The Morgan fingerprint density at radius 3 is 2.47 bits per heavy atom. The van der Waals surface area contributed by atoms with E-state index in [4.69, 9.17) is 0 Å². The minimum atomic E-state index is -3.58. The topological polar surface area (TPSA) is 98.4 Å². The number of benzene rings is 1. The van der Waals surface area contributed by atoms with Crippen LogP contribution in [0.4, 0.5) is 11.5 Å². The summed E-state index contributed by atoms with van der Waals surface area (Å²) in [6.07, 6.45) is 4.63. The number of hydrogen-bond acceptors (Lipinski definition) is 4. The van der Waals surface area contributed by atoms with Crippen LogP contribution in [0.25, 0.3) is 22.2 Å². The van der Waals surface area contributed by atoms with Gasteiger partial charge in [0, 0.05) is 36.4 Å². The molecule has 1 aliphatic rings. The maximum absolute atomic E-state index is 12.4. The molecule has 0 bridgehead atoms. The molecule has 1 aliphatic carbocycles. The second kappa shape index (κ2) is 8.08. The van der Waals surface area contributed by atoms with Gasteiger partial charge < -0.3 is 4.98 Å². The molecule has 8 nitrogen and oxygen atoms in total. The van der Waals surface area contributed by atoms with Crippen molar-refractivity contribution in [2.75, 3.05) is 22.7 Å². The molecule has 2 aromatic heterocycles. The number of nitrogens with one attached hydrogen (secondary N) is 2. The van der Waals surface area contributed by atoms with Crippen LogP contribution in [-0.2, 0) is 15.0 Å². The summed E-state index contributed by atoms with van der Waals surface area (Å²) >= 11 is 0. The number of hydrogen-bond donors (Lipinski definition) is 2. The summed E-state index contributed by atoms with van der Waals surface area (Å²) in [5.74, 6) is 0.615. The van der Waals surface area contributed by atoms with E-state index in [1.807, 2.05) is 30.5 Å². The van der Waals surface area contributed by atoms with Crippen molar-refractivity contribution < 1.29 is 13.2 Å². The number of nitrogens with zero attached hydrogens (tertiary/aromatic N) is 3. The van der Waals surface area contributed by atoms with Crippen LogP contribution in [-0.4, -0.2) is 48.2 Å². The second-order valence-electron chi connectivity index (χ2n) is 7.28. The molecule has 0 saturated heterocycles. The van der Waals surface area contributed by atoms with E-state index < -0.39 is 10.2 Å². The lowest BCUT2D eigenvalue weighted by Crippen LogP contribution is -2.35. The number of H-pyrrole nitrogens is 1. The molecule has 0 unspecified atom stereocenters. The fourth-order valence-corrected chi connectivity index (χ4v) is 4.81. The highest BCUT2D eigenvalue weighted by Gasteiger charge is 2.30. The van der Waals surface area contributed by atoms with E-state index in [0.717, 1.165) is 35.8 Å². The van der Waals surface area contributed by atoms with Crippen LogP contribution >= 0.6 is 0 Å². The zero-order valence-corrected chi connectivity index (χ0v) is 17.8. The van der Waals surface area contributed by atoms with E-state index in [0.29, 0.717) is 30.2 Å². The predicted octanol–water partition coefficient (Wildman–Crippen LogP) is 3.35. The molecular formula is C21H25N5O3S. The third kappa shape index (κ3) is 3.90. The second-order valence-corrected chi connectivity index (χ2v) is 8.95. The summed E-state index contributed by atoms with van der Waals surface area (Å²) in [6, 6.07) is 11.3. The zero-order chi connectivity index (χ0) is 21.3. The first-order valence-electron chi connectivity index (χ1n) is 10.1. The molecule has 0 spiro atoms. The van der Waals surface area contributed by atoms with E-state index in [1.54, 1.807) is 30.9 Å². The molecule has 1 amide bonds. The normalized spacial score (nSPS) is 14.2. The molecule has 1 aromatic carbocycles. The number of carbonyl (C=O) groups excluding carboxylic acids is 1. The van der Waals surface area contributed by atoms with Crippen LogP contribution in [0.15, 0.2) is 42.6 Å². The van der Waals surface area contributed by atoms with Crippen LogP contribution in [0.1, 0.15) is 26.7 Å². The van der Waals surface area contributed by atoms with Gasteiger partial charge in [0.05, 0.1) is 0 Å². The Morgan fingerprint density at radius 2 is 1.87 bits per heavy atom. The standard InChI is InChI=1S/C21H25N5O3S/c1-3-25(4-2)30(28,29)24-16-7-5-15(6-8-16)19-13-20(26(14-27)17-9-10-17)23-21-18(19)11-12-22-21/h5-8,11-14,17,24H,3-4,9-10H2,1-2H3,(H,22,23). The number of rotatable bonds is 9. The third-order valence-corrected chi connectivity index (χ3v) is 7.01. The fourth-order valence-electron chi connectivity index (χ4n) is 3.57. The van der Waals surface area contributed by atoms with Crippen molar-refractivity contribution in [2.24, 2.45) is 0 Å². The fraction of sp³-hybridized carbons (Fsp3) is 0.333. The SMILES string of the molecule is CCN(CC)S(=O)(=O)Nc1ccc(-c2cc(N(C=O)C3CC3)nc3[nH]ccc23)cc1. The van der Waals surface area contributed by atoms with Crippen molar-refractivity contribution in [2.45, 2.75) is 32.7 Å². The van der Waals surface area contributed by atoms with E-state index in [2.05, 4.69) is 14.7 Å². The van der Waals surface area contributed by atoms with Gasteiger partial charge in [0.1, 0.15) is 11.5 Å². The number of aromatic amines is 1. The average Bonchev–Trinajstić information content (AvgIpc) is 3.45. The van der Waals surface area contributed by atoms with E-state index in [1.165, 1.54) is 4.31 Å². The lowest BCUT2D eigenvalue weighted by molar-refractivity contribution is -0.107. The summed E-state index contributed by atoms with van der Waals surface area (Å²) in [5.41, 5.74) is 3.05. The van der Waals surface area contributed by atoms with Gasteiger partial charge in [-0.3, -0.25) is 14.4 Å². The number of amides is 1. The van der Waals surface area contributed by atoms with Gasteiger partial charge in [-0.15, -0.1) is 0 Å². The summed E-state index contributed by atoms with van der Waals surface area (Å²) in [5, 5.41) is 0.942. The van der Waals surface area contributed by atoms with Crippen molar-refractivity contribution in [3.63, 3.8) is 0 Å². The Bertz CT molecular complexity index is 1150. The maximum Gasteiger partial charge on any atom is 0.301 e. The molecule has 30 heavy (non-hydrogen) atoms. The van der Waals surface area contributed by atoms with Crippen LogP contribution in [0.3, 0.4) is 0 Å². The van der Waals surface area contributed by atoms with Gasteiger partial charge in [-0.25, -0.2) is 4.98 Å². The van der Waals surface area contributed by atoms with Gasteiger partial charge in [0.25, 0.3) is 0 Å². The molecule has 0 radical (unpaired) electrons. The molecule has 0 aliphatic heterocycles. The van der Waals surface area contributed by atoms with Crippen molar-refractivity contribution in [1.82, 2.24) is 14.3 Å². The molecule has 1 saturated carbocycles. The van der Waals surface area contributed by atoms with Crippen LogP contribution in [0.5, 0.6) is 0 Å². The molecule has 158 valence electrons. The summed E-state index contributed by atoms with van der Waals surface area (Å²) in [7, 11) is -3.58. The largest absolute Gasteiger partial charge is 0.346 e. The Morgan fingerprint density at radius 1 is 1.17 bits per heavy atom. The predicted molar refractivity (Wildman–Crippen MR) is 119 cm³/mol. The molecule has 4 rings (SSSR count). The lowest BCUT2D eigenvalue weighted by atomic mass is 10.0. The molecule has 3 aromatic rings. The third-order valence-electron chi connectivity index (χ3n) is 5.32. The van der Waals surface area contributed by atoms with Crippen molar-refractivity contribution in [1.29, 1.82) is 0 Å². The number of pyridine rings is 1.